The number of aromatic nitrogens is 2. The van der Waals surface area contributed by atoms with Crippen LogP contribution in [0, 0.1) is 10.1 Å². The summed E-state index contributed by atoms with van der Waals surface area (Å²) >= 11 is 0. The number of carbonyl (C=O) groups is 1. The van der Waals surface area contributed by atoms with Gasteiger partial charge in [0, 0.05) is 23.3 Å². The third kappa shape index (κ3) is 2.18. The smallest absolute Gasteiger partial charge is 0.271 e. The highest BCUT2D eigenvalue weighted by Gasteiger charge is 2.16. The topological polar surface area (TPSA) is 98.3 Å². The molecular formula is C15H11N3O4. The van der Waals surface area contributed by atoms with Gasteiger partial charge in [-0.05, 0) is 19.1 Å². The molecule has 0 radical (unpaired) electrons. The number of hydrogen-bond donors (Lipinski definition) is 1. The van der Waals surface area contributed by atoms with E-state index in [1.165, 1.54) is 25.1 Å². The molecule has 7 heteroatoms. The minimum Gasteiger partial charge on any atom is -0.426 e. The number of nitro benzene ring substituents is 1. The molecule has 0 aliphatic carbocycles. The van der Waals surface area contributed by atoms with Crippen molar-refractivity contribution in [3.8, 4) is 11.4 Å². The van der Waals surface area contributed by atoms with Crippen LogP contribution in [0.5, 0.6) is 0 Å². The van der Waals surface area contributed by atoms with Crippen molar-refractivity contribution in [1.82, 2.24) is 9.71 Å². The van der Waals surface area contributed by atoms with Gasteiger partial charge < -0.3 is 5.21 Å². The Balaban J connectivity index is 2.19. The molecule has 3 rings (SSSR count). The fourth-order valence-electron chi connectivity index (χ4n) is 2.23. The van der Waals surface area contributed by atoms with Crippen molar-refractivity contribution in [2.75, 3.05) is 0 Å². The maximum Gasteiger partial charge on any atom is 0.271 e. The summed E-state index contributed by atoms with van der Waals surface area (Å²) in [6, 6.07) is 10.7. The summed E-state index contributed by atoms with van der Waals surface area (Å²) < 4.78 is 0.793. The van der Waals surface area contributed by atoms with Crippen molar-refractivity contribution < 1.29 is 14.9 Å². The number of fused-ring (bicyclic) bond motifs is 1. The van der Waals surface area contributed by atoms with Crippen LogP contribution in [0.25, 0.3) is 22.4 Å². The van der Waals surface area contributed by atoms with Crippen molar-refractivity contribution >= 4 is 22.5 Å². The molecule has 0 amide bonds. The molecule has 7 nitrogen and oxygen atoms in total. The second-order valence-corrected chi connectivity index (χ2v) is 4.81. The predicted molar refractivity (Wildman–Crippen MR) is 79.0 cm³/mol. The van der Waals surface area contributed by atoms with E-state index in [0.717, 1.165) is 4.73 Å². The summed E-state index contributed by atoms with van der Waals surface area (Å²) in [6.45, 7) is 1.45. The Bertz CT molecular complexity index is 914. The summed E-state index contributed by atoms with van der Waals surface area (Å²) in [5.74, 6) is 0.122. The maximum atomic E-state index is 11.4. The van der Waals surface area contributed by atoms with E-state index in [4.69, 9.17) is 0 Å². The molecule has 0 spiro atoms. The number of imidazole rings is 1. The van der Waals surface area contributed by atoms with Crippen LogP contribution in [0.4, 0.5) is 5.69 Å². The number of ketones is 1. The zero-order valence-corrected chi connectivity index (χ0v) is 11.6. The number of benzene rings is 2. The lowest BCUT2D eigenvalue weighted by molar-refractivity contribution is -0.384. The molecule has 0 unspecified atom stereocenters. The van der Waals surface area contributed by atoms with Crippen LogP contribution in [0.15, 0.2) is 42.5 Å². The van der Waals surface area contributed by atoms with E-state index in [1.807, 2.05) is 0 Å². The van der Waals surface area contributed by atoms with Gasteiger partial charge in [0.1, 0.15) is 5.52 Å². The van der Waals surface area contributed by atoms with Gasteiger partial charge in [-0.3, -0.25) is 14.9 Å². The Hall–Kier alpha value is -3.22. The van der Waals surface area contributed by atoms with Crippen LogP contribution in [0.3, 0.4) is 0 Å². The van der Waals surface area contributed by atoms with Crippen LogP contribution in [0.1, 0.15) is 17.3 Å². The fourth-order valence-corrected chi connectivity index (χ4v) is 2.23. The van der Waals surface area contributed by atoms with Crippen molar-refractivity contribution in [1.29, 1.82) is 0 Å². The Morgan fingerprint density at radius 3 is 2.73 bits per heavy atom. The number of nitrogens with zero attached hydrogens (tertiary/aromatic N) is 3. The first-order valence-corrected chi connectivity index (χ1v) is 6.45. The molecule has 1 aromatic heterocycles. The van der Waals surface area contributed by atoms with Gasteiger partial charge in [-0.25, -0.2) is 4.98 Å². The van der Waals surface area contributed by atoms with Gasteiger partial charge in [-0.2, -0.15) is 4.73 Å². The molecule has 0 saturated carbocycles. The number of Topliss-reactive ketones (excluding diaryl/α,β-unsaturated/α-hetero) is 1. The van der Waals surface area contributed by atoms with Gasteiger partial charge in [-0.15, -0.1) is 0 Å². The van der Waals surface area contributed by atoms with Crippen molar-refractivity contribution in [2.45, 2.75) is 6.92 Å². The fraction of sp³-hybridized carbons (Fsp3) is 0.0667. The summed E-state index contributed by atoms with van der Waals surface area (Å²) in [5, 5.41) is 21.0. The van der Waals surface area contributed by atoms with Crippen molar-refractivity contribution in [3.05, 3.63) is 58.1 Å². The SMILES string of the molecule is CC(=O)c1cccc(-c2nc3ccc([N+](=O)[O-])cc3n2O)c1. The average Bonchev–Trinajstić information content (AvgIpc) is 2.84. The average molecular weight is 297 g/mol. The molecule has 2 aromatic carbocycles. The highest BCUT2D eigenvalue weighted by molar-refractivity contribution is 5.95. The van der Waals surface area contributed by atoms with Crippen molar-refractivity contribution in [2.24, 2.45) is 0 Å². The summed E-state index contributed by atoms with van der Waals surface area (Å²) in [5.41, 5.74) is 1.57. The second kappa shape index (κ2) is 4.96. The second-order valence-electron chi connectivity index (χ2n) is 4.81. The molecule has 22 heavy (non-hydrogen) atoms. The van der Waals surface area contributed by atoms with Gasteiger partial charge in [0.2, 0.25) is 0 Å². The molecule has 1 N–H and O–H groups in total. The van der Waals surface area contributed by atoms with Gasteiger partial charge in [0.25, 0.3) is 5.69 Å². The number of nitro groups is 1. The predicted octanol–water partition coefficient (Wildman–Crippen LogP) is 3.05. The van der Waals surface area contributed by atoms with Gasteiger partial charge >= 0.3 is 0 Å². The van der Waals surface area contributed by atoms with E-state index in [2.05, 4.69) is 4.98 Å². The molecule has 3 aromatic rings. The number of hydrogen-bond acceptors (Lipinski definition) is 5. The molecule has 0 bridgehead atoms. The molecule has 0 fully saturated rings. The monoisotopic (exact) mass is 297 g/mol. The zero-order chi connectivity index (χ0) is 15.9. The molecule has 0 aliphatic heterocycles. The molecular weight excluding hydrogens is 286 g/mol. The number of rotatable bonds is 3. The third-order valence-corrected chi connectivity index (χ3v) is 3.35. The van der Waals surface area contributed by atoms with Crippen LogP contribution in [-0.4, -0.2) is 25.6 Å². The minimum atomic E-state index is -0.539. The standard InChI is InChI=1S/C15H11N3O4/c1-9(19)10-3-2-4-11(7-10)15-16-13-6-5-12(18(21)22)8-14(13)17(15)20/h2-8,20H,1H3. The lowest BCUT2D eigenvalue weighted by Crippen LogP contribution is -1.97. The van der Waals surface area contributed by atoms with Gasteiger partial charge in [-0.1, -0.05) is 18.2 Å². The molecule has 1 heterocycles. The van der Waals surface area contributed by atoms with E-state index in [1.54, 1.807) is 24.3 Å². The largest absolute Gasteiger partial charge is 0.426 e. The zero-order valence-electron chi connectivity index (χ0n) is 11.6. The van der Waals surface area contributed by atoms with Gasteiger partial charge in [0.05, 0.1) is 10.4 Å². The highest BCUT2D eigenvalue weighted by atomic mass is 16.6. The quantitative estimate of drug-likeness (QED) is 0.347. The van der Waals surface area contributed by atoms with E-state index < -0.39 is 4.92 Å². The van der Waals surface area contributed by atoms with E-state index in [9.17, 15) is 20.1 Å². The normalized spacial score (nSPS) is 10.8. The van der Waals surface area contributed by atoms with Crippen LogP contribution in [0.2, 0.25) is 0 Å². The maximum absolute atomic E-state index is 11.4. The Kier molecular flexibility index (Phi) is 3.10. The van der Waals surface area contributed by atoms with E-state index in [-0.39, 0.29) is 22.8 Å². The van der Waals surface area contributed by atoms with Crippen LogP contribution >= 0.6 is 0 Å². The molecule has 0 atom stereocenters. The van der Waals surface area contributed by atoms with Crippen LogP contribution < -0.4 is 0 Å². The van der Waals surface area contributed by atoms with Crippen molar-refractivity contribution in [3.63, 3.8) is 0 Å². The first-order valence-electron chi connectivity index (χ1n) is 6.45. The number of carbonyl (C=O) groups excluding carboxylic acids is 1. The summed E-state index contributed by atoms with van der Waals surface area (Å²) in [7, 11) is 0. The van der Waals surface area contributed by atoms with E-state index >= 15 is 0 Å². The number of non-ortho nitro benzene ring substituents is 1. The first kappa shape index (κ1) is 13.7. The lowest BCUT2D eigenvalue weighted by Gasteiger charge is -2.02. The lowest BCUT2D eigenvalue weighted by atomic mass is 10.1. The summed E-state index contributed by atoms with van der Waals surface area (Å²) in [6.07, 6.45) is 0. The Morgan fingerprint density at radius 2 is 2.05 bits per heavy atom. The summed E-state index contributed by atoms with van der Waals surface area (Å²) in [4.78, 5) is 26.0. The van der Waals surface area contributed by atoms with E-state index in [0.29, 0.717) is 16.6 Å². The van der Waals surface area contributed by atoms with Crippen LogP contribution in [-0.2, 0) is 0 Å². The Labute approximate surface area is 124 Å². The minimum absolute atomic E-state index is 0.0990. The third-order valence-electron chi connectivity index (χ3n) is 3.35. The van der Waals surface area contributed by atoms with Gasteiger partial charge in [0.15, 0.2) is 11.6 Å². The first-order chi connectivity index (χ1) is 10.5. The Morgan fingerprint density at radius 1 is 1.27 bits per heavy atom. The molecule has 0 aliphatic rings. The highest BCUT2D eigenvalue weighted by Crippen LogP contribution is 2.26. The molecule has 110 valence electrons. The molecule has 0 saturated heterocycles.